The molecule has 1 aliphatic heterocycles. The zero-order valence-corrected chi connectivity index (χ0v) is 14.1. The van der Waals surface area contributed by atoms with Gasteiger partial charge in [-0.3, -0.25) is 4.79 Å². The summed E-state index contributed by atoms with van der Waals surface area (Å²) < 4.78 is 2.06. The lowest BCUT2D eigenvalue weighted by Gasteiger charge is -2.32. The number of rotatable bonds is 3. The van der Waals surface area contributed by atoms with E-state index in [1.165, 1.54) is 0 Å². The van der Waals surface area contributed by atoms with Crippen LogP contribution in [0, 0.1) is 0 Å². The molecule has 1 saturated heterocycles. The topological polar surface area (TPSA) is 41.4 Å². The average Bonchev–Trinajstić information content (AvgIpc) is 3.00. The Bertz CT molecular complexity index is 675. The normalized spacial score (nSPS) is 18.0. The van der Waals surface area contributed by atoms with E-state index in [2.05, 4.69) is 9.55 Å². The molecule has 1 aliphatic rings. The summed E-state index contributed by atoms with van der Waals surface area (Å²) in [6.45, 7) is 1.58. The number of carbonyl (C=O) groups excluding carboxylic acids is 1. The number of benzene rings is 1. The highest BCUT2D eigenvalue weighted by atomic mass is 16.2. The first-order chi connectivity index (χ1) is 11.1. The lowest BCUT2D eigenvalue weighted by Crippen LogP contribution is -2.39. The summed E-state index contributed by atoms with van der Waals surface area (Å²) >= 11 is 0. The molecule has 1 amide bonds. The van der Waals surface area contributed by atoms with Gasteiger partial charge in [-0.1, -0.05) is 0 Å². The van der Waals surface area contributed by atoms with Crippen LogP contribution in [-0.4, -0.2) is 47.5 Å². The molecule has 0 aliphatic carbocycles. The Morgan fingerprint density at radius 3 is 2.61 bits per heavy atom. The molecule has 0 spiro atoms. The Hall–Kier alpha value is -2.30. The summed E-state index contributed by atoms with van der Waals surface area (Å²) in [5.41, 5.74) is 1.86. The molecule has 1 fully saturated rings. The molecule has 5 nitrogen and oxygen atoms in total. The van der Waals surface area contributed by atoms with Crippen molar-refractivity contribution in [2.24, 2.45) is 7.05 Å². The molecule has 0 radical (unpaired) electrons. The highest BCUT2D eigenvalue weighted by Gasteiger charge is 2.27. The number of amides is 1. The van der Waals surface area contributed by atoms with E-state index in [4.69, 9.17) is 0 Å². The fraction of sp³-hybridized carbons (Fsp3) is 0.444. The van der Waals surface area contributed by atoms with Crippen molar-refractivity contribution in [1.82, 2.24) is 14.5 Å². The van der Waals surface area contributed by atoms with Gasteiger partial charge < -0.3 is 14.4 Å². The van der Waals surface area contributed by atoms with E-state index in [0.717, 1.165) is 43.0 Å². The predicted octanol–water partition coefficient (Wildman–Crippen LogP) is 2.51. The number of anilines is 1. The minimum atomic E-state index is 0.120. The van der Waals surface area contributed by atoms with Crippen molar-refractivity contribution in [1.29, 1.82) is 0 Å². The van der Waals surface area contributed by atoms with Gasteiger partial charge in [0.2, 0.25) is 0 Å². The van der Waals surface area contributed by atoms with E-state index in [9.17, 15) is 4.79 Å². The van der Waals surface area contributed by atoms with Crippen LogP contribution in [0.15, 0.2) is 36.7 Å². The van der Waals surface area contributed by atoms with Crippen molar-refractivity contribution < 1.29 is 4.79 Å². The van der Waals surface area contributed by atoms with Gasteiger partial charge >= 0.3 is 0 Å². The number of aryl methyl sites for hydroxylation is 1. The van der Waals surface area contributed by atoms with Gasteiger partial charge in [-0.25, -0.2) is 4.98 Å². The van der Waals surface area contributed by atoms with Crippen molar-refractivity contribution >= 4 is 11.6 Å². The summed E-state index contributed by atoms with van der Waals surface area (Å²) in [5, 5.41) is 0. The Kier molecular flexibility index (Phi) is 4.37. The minimum Gasteiger partial charge on any atom is -0.378 e. The number of carbonyl (C=O) groups is 1. The Balaban J connectivity index is 1.73. The predicted molar refractivity (Wildman–Crippen MR) is 91.9 cm³/mol. The van der Waals surface area contributed by atoms with Crippen LogP contribution in [0.2, 0.25) is 0 Å². The van der Waals surface area contributed by atoms with Crippen LogP contribution < -0.4 is 4.90 Å². The lowest BCUT2D eigenvalue weighted by atomic mass is 9.96. The number of nitrogens with zero attached hydrogens (tertiary/aromatic N) is 4. The van der Waals surface area contributed by atoms with Crippen molar-refractivity contribution in [3.05, 3.63) is 48.0 Å². The summed E-state index contributed by atoms with van der Waals surface area (Å²) in [4.78, 5) is 21.2. The third kappa shape index (κ3) is 3.23. The van der Waals surface area contributed by atoms with Gasteiger partial charge in [0, 0.05) is 63.8 Å². The largest absolute Gasteiger partial charge is 0.378 e. The van der Waals surface area contributed by atoms with E-state index in [0.29, 0.717) is 5.92 Å². The van der Waals surface area contributed by atoms with E-state index >= 15 is 0 Å². The number of imidazole rings is 1. The highest BCUT2D eigenvalue weighted by Crippen LogP contribution is 2.26. The zero-order chi connectivity index (χ0) is 16.4. The number of likely N-dealkylation sites (tertiary alicyclic amines) is 1. The van der Waals surface area contributed by atoms with E-state index < -0.39 is 0 Å². The van der Waals surface area contributed by atoms with Crippen LogP contribution in [0.4, 0.5) is 5.69 Å². The molecular weight excluding hydrogens is 288 g/mol. The molecule has 1 aromatic carbocycles. The number of piperidine rings is 1. The first-order valence-corrected chi connectivity index (χ1v) is 8.10. The second kappa shape index (κ2) is 6.44. The Morgan fingerprint density at radius 2 is 2.00 bits per heavy atom. The second-order valence-electron chi connectivity index (χ2n) is 6.43. The maximum Gasteiger partial charge on any atom is 0.253 e. The molecule has 1 aromatic heterocycles. The fourth-order valence-corrected chi connectivity index (χ4v) is 3.23. The molecule has 122 valence electrons. The van der Waals surface area contributed by atoms with E-state index in [1.54, 1.807) is 0 Å². The average molecular weight is 312 g/mol. The van der Waals surface area contributed by atoms with Crippen LogP contribution in [0.5, 0.6) is 0 Å². The summed E-state index contributed by atoms with van der Waals surface area (Å²) in [5.74, 6) is 1.52. The molecule has 0 saturated carbocycles. The summed E-state index contributed by atoms with van der Waals surface area (Å²) in [7, 11) is 6.01. The molecule has 2 heterocycles. The van der Waals surface area contributed by atoms with E-state index in [-0.39, 0.29) is 5.91 Å². The molecule has 5 heteroatoms. The van der Waals surface area contributed by atoms with Gasteiger partial charge in [-0.2, -0.15) is 0 Å². The van der Waals surface area contributed by atoms with Crippen LogP contribution >= 0.6 is 0 Å². The van der Waals surface area contributed by atoms with Crippen molar-refractivity contribution in [3.63, 3.8) is 0 Å². The highest BCUT2D eigenvalue weighted by molar-refractivity contribution is 5.94. The van der Waals surface area contributed by atoms with Crippen molar-refractivity contribution in [2.75, 3.05) is 32.1 Å². The van der Waals surface area contributed by atoms with Gasteiger partial charge in [0.25, 0.3) is 5.91 Å². The SMILES string of the molecule is CN(C)c1ccc(C(=O)N2CCCC(c3nccn3C)C2)cc1. The Morgan fingerprint density at radius 1 is 1.26 bits per heavy atom. The first kappa shape index (κ1) is 15.6. The van der Waals surface area contributed by atoms with Gasteiger partial charge in [0.15, 0.2) is 0 Å². The van der Waals surface area contributed by atoms with Gasteiger partial charge in [-0.05, 0) is 37.1 Å². The first-order valence-electron chi connectivity index (χ1n) is 8.10. The molecule has 0 N–H and O–H groups in total. The van der Waals surface area contributed by atoms with Crippen LogP contribution in [0.25, 0.3) is 0 Å². The molecule has 1 unspecified atom stereocenters. The van der Waals surface area contributed by atoms with Gasteiger partial charge in [-0.15, -0.1) is 0 Å². The monoisotopic (exact) mass is 312 g/mol. The van der Waals surface area contributed by atoms with Crippen LogP contribution in [-0.2, 0) is 7.05 Å². The lowest BCUT2D eigenvalue weighted by molar-refractivity contribution is 0.0703. The molecule has 3 rings (SSSR count). The Labute approximate surface area is 137 Å². The number of hydrogen-bond acceptors (Lipinski definition) is 3. The van der Waals surface area contributed by atoms with Gasteiger partial charge in [0.1, 0.15) is 5.82 Å². The fourth-order valence-electron chi connectivity index (χ4n) is 3.23. The number of hydrogen-bond donors (Lipinski definition) is 0. The van der Waals surface area contributed by atoms with Crippen molar-refractivity contribution in [2.45, 2.75) is 18.8 Å². The number of aromatic nitrogens is 2. The third-order valence-electron chi connectivity index (χ3n) is 4.56. The molecule has 23 heavy (non-hydrogen) atoms. The maximum absolute atomic E-state index is 12.8. The maximum atomic E-state index is 12.8. The summed E-state index contributed by atoms with van der Waals surface area (Å²) in [6, 6.07) is 7.82. The van der Waals surface area contributed by atoms with E-state index in [1.807, 2.05) is 67.6 Å². The van der Waals surface area contributed by atoms with Gasteiger partial charge in [0.05, 0.1) is 0 Å². The summed E-state index contributed by atoms with van der Waals surface area (Å²) in [6.07, 6.45) is 5.92. The van der Waals surface area contributed by atoms with Crippen molar-refractivity contribution in [3.8, 4) is 0 Å². The molecule has 0 bridgehead atoms. The quantitative estimate of drug-likeness (QED) is 0.874. The van der Waals surface area contributed by atoms with Crippen LogP contribution in [0.3, 0.4) is 0 Å². The standard InChI is InChI=1S/C18H24N4O/c1-20(2)16-8-6-14(7-9-16)18(23)22-11-4-5-15(13-22)17-19-10-12-21(17)3/h6-10,12,15H,4-5,11,13H2,1-3H3. The van der Waals surface area contributed by atoms with Crippen LogP contribution in [0.1, 0.15) is 34.9 Å². The minimum absolute atomic E-state index is 0.120. The molecule has 2 aromatic rings. The molecule has 1 atom stereocenters. The second-order valence-corrected chi connectivity index (χ2v) is 6.43. The third-order valence-corrected chi connectivity index (χ3v) is 4.56. The molecular formula is C18H24N4O. The zero-order valence-electron chi connectivity index (χ0n) is 14.1. The smallest absolute Gasteiger partial charge is 0.253 e.